The van der Waals surface area contributed by atoms with Gasteiger partial charge in [0.2, 0.25) is 0 Å². The van der Waals surface area contributed by atoms with Gasteiger partial charge in [-0.3, -0.25) is 0 Å². The third-order valence-electron chi connectivity index (χ3n) is 8.02. The highest BCUT2D eigenvalue weighted by atomic mass is 19.4. The van der Waals surface area contributed by atoms with Gasteiger partial charge < -0.3 is 0 Å². The van der Waals surface area contributed by atoms with Crippen LogP contribution in [-0.4, -0.2) is 0 Å². The van der Waals surface area contributed by atoms with Crippen LogP contribution in [0.25, 0.3) is 33.4 Å². The number of hydrogen-bond donors (Lipinski definition) is 0. The van der Waals surface area contributed by atoms with E-state index in [9.17, 15) is 76.3 Å². The highest BCUT2D eigenvalue weighted by Gasteiger charge is 2.41. The van der Waals surface area contributed by atoms with Crippen molar-refractivity contribution >= 4 is 33.4 Å². The second-order valence-corrected chi connectivity index (χ2v) is 10.8. The first-order chi connectivity index (χ1) is 24.4. The highest BCUT2D eigenvalue weighted by molar-refractivity contribution is 6.29. The standard InChI is InChI=1S/C36H8F9N7/c37-34(38,39)21-4-17(5-22(6-21)35(40,41)42)31-28(15-52)24-8-25-23(7-26(24)33(31)20(12-49)13-50)27(14-51)30(32(25)19(10-47)11-48)16-1-2-29(36(43,44)45)18(3-16)9-46/h1-8H. The van der Waals surface area contributed by atoms with E-state index in [1.807, 2.05) is 6.07 Å². The van der Waals surface area contributed by atoms with Crippen molar-refractivity contribution in [3.8, 4) is 42.5 Å². The first-order valence-corrected chi connectivity index (χ1v) is 13.9. The summed E-state index contributed by atoms with van der Waals surface area (Å²) in [7, 11) is 0. The molecule has 3 aromatic rings. The Balaban J connectivity index is 1.93. The molecule has 16 heteroatoms. The largest absolute Gasteiger partial charge is 0.417 e. The van der Waals surface area contributed by atoms with Crippen molar-refractivity contribution in [2.24, 2.45) is 0 Å². The maximum atomic E-state index is 13.9. The molecule has 0 spiro atoms. The molecule has 0 atom stereocenters. The van der Waals surface area contributed by atoms with E-state index in [1.165, 1.54) is 18.2 Å². The third-order valence-corrected chi connectivity index (χ3v) is 8.02. The second kappa shape index (κ2) is 12.4. The van der Waals surface area contributed by atoms with E-state index >= 15 is 0 Å². The van der Waals surface area contributed by atoms with Gasteiger partial charge in [-0.25, -0.2) is 0 Å². The van der Waals surface area contributed by atoms with Crippen molar-refractivity contribution in [2.45, 2.75) is 18.5 Å². The fourth-order valence-corrected chi connectivity index (χ4v) is 5.96. The number of halogens is 9. The number of benzene rings is 3. The van der Waals surface area contributed by atoms with E-state index in [0.717, 1.165) is 24.3 Å². The number of nitrogens with zero attached hydrogens (tertiary/aromatic N) is 7. The quantitative estimate of drug-likeness (QED) is 0.189. The molecule has 5 rings (SSSR count). The van der Waals surface area contributed by atoms with Crippen LogP contribution in [0.2, 0.25) is 0 Å². The van der Waals surface area contributed by atoms with E-state index in [0.29, 0.717) is 18.2 Å². The van der Waals surface area contributed by atoms with E-state index < -0.39 is 79.8 Å². The van der Waals surface area contributed by atoms with Crippen molar-refractivity contribution in [1.82, 2.24) is 0 Å². The van der Waals surface area contributed by atoms with Gasteiger partial charge in [0, 0.05) is 33.4 Å². The lowest BCUT2D eigenvalue weighted by Crippen LogP contribution is -2.12. The Hall–Kier alpha value is -7.58. The van der Waals surface area contributed by atoms with Crippen molar-refractivity contribution in [2.75, 3.05) is 0 Å². The molecule has 250 valence electrons. The lowest BCUT2D eigenvalue weighted by atomic mass is 9.89. The smallest absolute Gasteiger partial charge is 0.192 e. The number of fused-ring (bicyclic) bond motifs is 2. The monoisotopic (exact) mass is 709 g/mol. The normalized spacial score (nSPS) is 13.5. The minimum Gasteiger partial charge on any atom is -0.192 e. The maximum Gasteiger partial charge on any atom is 0.417 e. The van der Waals surface area contributed by atoms with Crippen LogP contribution < -0.4 is 0 Å². The van der Waals surface area contributed by atoms with Crippen molar-refractivity contribution in [1.29, 1.82) is 36.8 Å². The van der Waals surface area contributed by atoms with Gasteiger partial charge in [-0.1, -0.05) is 6.07 Å². The van der Waals surface area contributed by atoms with Gasteiger partial charge in [0.15, 0.2) is 0 Å². The average molecular weight is 709 g/mol. The molecule has 0 aromatic heterocycles. The summed E-state index contributed by atoms with van der Waals surface area (Å²) in [5.41, 5.74) is -12.4. The molecule has 7 nitrogen and oxygen atoms in total. The summed E-state index contributed by atoms with van der Waals surface area (Å²) >= 11 is 0. The fourth-order valence-electron chi connectivity index (χ4n) is 5.96. The highest BCUT2D eigenvalue weighted by Crippen LogP contribution is 2.55. The zero-order valence-corrected chi connectivity index (χ0v) is 25.2. The summed E-state index contributed by atoms with van der Waals surface area (Å²) in [6.07, 6.45) is -15.6. The molecule has 0 N–H and O–H groups in total. The second-order valence-electron chi connectivity index (χ2n) is 10.8. The van der Waals surface area contributed by atoms with Gasteiger partial charge in [-0.05, 0) is 64.7 Å². The number of allylic oxidation sites excluding steroid dienone is 8. The molecule has 0 saturated heterocycles. The van der Waals surface area contributed by atoms with E-state index in [1.54, 1.807) is 18.2 Å². The van der Waals surface area contributed by atoms with Crippen LogP contribution in [-0.2, 0) is 18.5 Å². The summed E-state index contributed by atoms with van der Waals surface area (Å²) in [4.78, 5) is 0. The first-order valence-electron chi connectivity index (χ1n) is 13.9. The van der Waals surface area contributed by atoms with Gasteiger partial charge in [0.05, 0.1) is 39.5 Å². The van der Waals surface area contributed by atoms with Crippen LogP contribution >= 0.6 is 0 Å². The summed E-state index contributed by atoms with van der Waals surface area (Å²) in [5.74, 6) is 0. The Bertz CT molecular complexity index is 2530. The maximum absolute atomic E-state index is 13.9. The molecule has 52 heavy (non-hydrogen) atoms. The van der Waals surface area contributed by atoms with Gasteiger partial charge in [-0.15, -0.1) is 0 Å². The summed E-state index contributed by atoms with van der Waals surface area (Å²) in [5, 5.41) is 69.5. The minimum absolute atomic E-state index is 0.168. The summed E-state index contributed by atoms with van der Waals surface area (Å²) < 4.78 is 124. The van der Waals surface area contributed by atoms with Crippen LogP contribution in [0.1, 0.15) is 55.6 Å². The van der Waals surface area contributed by atoms with Crippen molar-refractivity contribution in [3.63, 3.8) is 0 Å². The fraction of sp³-hybridized carbons (Fsp3) is 0.0833. The Kier molecular flexibility index (Phi) is 8.51. The summed E-state index contributed by atoms with van der Waals surface area (Å²) in [6, 6.07) is 15.8. The van der Waals surface area contributed by atoms with Crippen LogP contribution in [0.3, 0.4) is 0 Å². The molecule has 0 fully saturated rings. The van der Waals surface area contributed by atoms with E-state index in [4.69, 9.17) is 0 Å². The number of hydrogen-bond acceptors (Lipinski definition) is 7. The third kappa shape index (κ3) is 5.66. The molecule has 0 amide bonds. The molecule has 0 aliphatic heterocycles. The van der Waals surface area contributed by atoms with Crippen LogP contribution in [0, 0.1) is 79.3 Å². The molecule has 2 aliphatic rings. The predicted octanol–water partition coefficient (Wildman–Crippen LogP) is 9.11. The molecule has 0 unspecified atom stereocenters. The zero-order valence-electron chi connectivity index (χ0n) is 25.2. The van der Waals surface area contributed by atoms with E-state index in [-0.39, 0.29) is 45.0 Å². The van der Waals surface area contributed by atoms with Crippen LogP contribution in [0.5, 0.6) is 0 Å². The first kappa shape index (κ1) is 35.7. The van der Waals surface area contributed by atoms with E-state index in [2.05, 4.69) is 0 Å². The van der Waals surface area contributed by atoms with Gasteiger partial charge in [0.1, 0.15) is 47.6 Å². The van der Waals surface area contributed by atoms with Crippen molar-refractivity contribution in [3.05, 3.63) is 115 Å². The summed E-state index contributed by atoms with van der Waals surface area (Å²) in [6.45, 7) is 0. The van der Waals surface area contributed by atoms with Gasteiger partial charge in [0.25, 0.3) is 0 Å². The molecule has 0 radical (unpaired) electrons. The van der Waals surface area contributed by atoms with Crippen LogP contribution in [0.15, 0.2) is 59.7 Å². The van der Waals surface area contributed by atoms with Crippen molar-refractivity contribution < 1.29 is 39.5 Å². The zero-order chi connectivity index (χ0) is 38.5. The SMILES string of the molecule is N#CC(C#N)=C1C(c2cc(C(F)(F)F)cc(C(F)(F)F)c2)=C(C#N)c2cc3c(cc21)C(C#N)=C(c1ccc(C(F)(F)F)c(C#N)c1)C3=C(C#N)C#N. The lowest BCUT2D eigenvalue weighted by Gasteiger charge is -2.16. The Labute approximate surface area is 286 Å². The molecular weight excluding hydrogens is 701 g/mol. The molecular formula is C36H8F9N7. The lowest BCUT2D eigenvalue weighted by molar-refractivity contribution is -0.143. The van der Waals surface area contributed by atoms with Crippen LogP contribution in [0.4, 0.5) is 39.5 Å². The molecule has 3 aromatic carbocycles. The molecule has 2 aliphatic carbocycles. The number of alkyl halides is 9. The molecule has 0 heterocycles. The Morgan fingerprint density at radius 2 is 0.865 bits per heavy atom. The van der Waals surface area contributed by atoms with Gasteiger partial charge >= 0.3 is 18.5 Å². The predicted molar refractivity (Wildman–Crippen MR) is 160 cm³/mol. The molecule has 0 bridgehead atoms. The number of nitriles is 7. The Morgan fingerprint density at radius 3 is 1.21 bits per heavy atom. The van der Waals surface area contributed by atoms with Gasteiger partial charge in [-0.2, -0.15) is 76.3 Å². The average Bonchev–Trinajstić information content (AvgIpc) is 3.58. The topological polar surface area (TPSA) is 167 Å². The molecule has 0 saturated carbocycles. The minimum atomic E-state index is -5.33. The Morgan fingerprint density at radius 1 is 0.442 bits per heavy atom. The number of rotatable bonds is 2.